The zero-order valence-corrected chi connectivity index (χ0v) is 10.9. The fourth-order valence-electron chi connectivity index (χ4n) is 4.04. The van der Waals surface area contributed by atoms with Gasteiger partial charge in [0.1, 0.15) is 0 Å². The highest BCUT2D eigenvalue weighted by Gasteiger charge is 2.34. The molecule has 0 saturated heterocycles. The molecule has 0 bridgehead atoms. The van der Waals surface area contributed by atoms with Gasteiger partial charge in [0.15, 0.2) is 0 Å². The average molecular weight is 224 g/mol. The van der Waals surface area contributed by atoms with Crippen molar-refractivity contribution in [3.05, 3.63) is 0 Å². The summed E-state index contributed by atoms with van der Waals surface area (Å²) >= 11 is 0. The maximum absolute atomic E-state index is 5.82. The highest BCUT2D eigenvalue weighted by molar-refractivity contribution is 4.88. The predicted octanol–water partition coefficient (Wildman–Crippen LogP) is 3.08. The van der Waals surface area contributed by atoms with Crippen LogP contribution < -0.4 is 11.3 Å². The van der Waals surface area contributed by atoms with Gasteiger partial charge >= 0.3 is 0 Å². The Bertz CT molecular complexity index is 217. The van der Waals surface area contributed by atoms with Crippen LogP contribution in [0.2, 0.25) is 0 Å². The van der Waals surface area contributed by atoms with E-state index in [1.807, 2.05) is 0 Å². The summed E-state index contributed by atoms with van der Waals surface area (Å²) in [7, 11) is 0. The Morgan fingerprint density at radius 2 is 1.56 bits per heavy atom. The fraction of sp³-hybridized carbons (Fsp3) is 1.00. The van der Waals surface area contributed by atoms with Crippen molar-refractivity contribution in [1.29, 1.82) is 0 Å². The number of nitrogens with one attached hydrogen (secondary N) is 1. The van der Waals surface area contributed by atoms with Crippen LogP contribution >= 0.6 is 0 Å². The Labute approximate surface area is 100 Å². The van der Waals surface area contributed by atoms with Crippen molar-refractivity contribution in [2.24, 2.45) is 29.5 Å². The molecule has 2 nitrogen and oxygen atoms in total. The summed E-state index contributed by atoms with van der Waals surface area (Å²) in [6.07, 6.45) is 9.80. The zero-order chi connectivity index (χ0) is 11.5. The van der Waals surface area contributed by atoms with Crippen molar-refractivity contribution in [2.45, 2.75) is 64.8 Å². The quantitative estimate of drug-likeness (QED) is 0.571. The van der Waals surface area contributed by atoms with Gasteiger partial charge in [0.2, 0.25) is 0 Å². The molecule has 0 aromatic heterocycles. The summed E-state index contributed by atoms with van der Waals surface area (Å²) in [5.74, 6) is 9.33. The van der Waals surface area contributed by atoms with Crippen LogP contribution in [0.25, 0.3) is 0 Å². The molecule has 2 fully saturated rings. The molecule has 0 amide bonds. The van der Waals surface area contributed by atoms with Gasteiger partial charge in [-0.3, -0.25) is 11.3 Å². The minimum absolute atomic E-state index is 0.590. The lowest BCUT2D eigenvalue weighted by molar-refractivity contribution is 0.176. The number of hydrogen-bond acceptors (Lipinski definition) is 2. The van der Waals surface area contributed by atoms with Gasteiger partial charge < -0.3 is 0 Å². The molecule has 0 heterocycles. The Hall–Kier alpha value is -0.0800. The second-order valence-electron chi connectivity index (χ2n) is 6.40. The van der Waals surface area contributed by atoms with E-state index in [0.29, 0.717) is 6.04 Å². The highest BCUT2D eigenvalue weighted by atomic mass is 15.2. The largest absolute Gasteiger partial charge is 0.271 e. The standard InChI is InChI=1S/C14H28N2/c1-10-4-3-5-12(8-10)14(16-15)13-7-6-11(2)9-13/h10-14,16H,3-9,15H2,1-2H3. The van der Waals surface area contributed by atoms with Crippen LogP contribution in [0.1, 0.15) is 58.8 Å². The molecule has 2 heteroatoms. The summed E-state index contributed by atoms with van der Waals surface area (Å²) < 4.78 is 0. The normalized spacial score (nSPS) is 42.2. The maximum Gasteiger partial charge on any atom is 0.0267 e. The van der Waals surface area contributed by atoms with Crippen molar-refractivity contribution < 1.29 is 0 Å². The lowest BCUT2D eigenvalue weighted by atomic mass is 9.74. The Balaban J connectivity index is 1.93. The molecule has 5 atom stereocenters. The third-order valence-electron chi connectivity index (χ3n) is 4.92. The van der Waals surface area contributed by atoms with E-state index in [2.05, 4.69) is 19.3 Å². The second-order valence-corrected chi connectivity index (χ2v) is 6.40. The van der Waals surface area contributed by atoms with E-state index in [1.54, 1.807) is 0 Å². The van der Waals surface area contributed by atoms with E-state index in [-0.39, 0.29) is 0 Å². The van der Waals surface area contributed by atoms with Gasteiger partial charge in [-0.2, -0.15) is 0 Å². The molecule has 0 aromatic carbocycles. The van der Waals surface area contributed by atoms with E-state index in [9.17, 15) is 0 Å². The molecular formula is C14H28N2. The minimum atomic E-state index is 0.590. The van der Waals surface area contributed by atoms with Crippen LogP contribution in [-0.4, -0.2) is 6.04 Å². The number of hydrogen-bond donors (Lipinski definition) is 2. The monoisotopic (exact) mass is 224 g/mol. The molecule has 16 heavy (non-hydrogen) atoms. The first-order valence-corrected chi connectivity index (χ1v) is 7.16. The van der Waals surface area contributed by atoms with Crippen molar-refractivity contribution in [3.8, 4) is 0 Å². The first-order valence-electron chi connectivity index (χ1n) is 7.16. The first kappa shape index (κ1) is 12.4. The predicted molar refractivity (Wildman–Crippen MR) is 68.7 cm³/mol. The van der Waals surface area contributed by atoms with Gasteiger partial charge in [0, 0.05) is 6.04 Å². The van der Waals surface area contributed by atoms with Crippen LogP contribution in [-0.2, 0) is 0 Å². The summed E-state index contributed by atoms with van der Waals surface area (Å²) in [5, 5.41) is 0. The van der Waals surface area contributed by atoms with Gasteiger partial charge in [0.05, 0.1) is 0 Å². The highest BCUT2D eigenvalue weighted by Crippen LogP contribution is 2.39. The lowest BCUT2D eigenvalue weighted by Gasteiger charge is -2.36. The van der Waals surface area contributed by atoms with Gasteiger partial charge in [-0.1, -0.05) is 33.1 Å². The molecule has 0 aromatic rings. The van der Waals surface area contributed by atoms with Crippen LogP contribution in [0, 0.1) is 23.7 Å². The fourth-order valence-corrected chi connectivity index (χ4v) is 4.04. The molecule has 2 aliphatic rings. The molecule has 2 rings (SSSR count). The Kier molecular flexibility index (Phi) is 4.26. The van der Waals surface area contributed by atoms with E-state index >= 15 is 0 Å². The van der Waals surface area contributed by atoms with E-state index in [0.717, 1.165) is 23.7 Å². The molecular weight excluding hydrogens is 196 g/mol. The minimum Gasteiger partial charge on any atom is -0.271 e. The van der Waals surface area contributed by atoms with Crippen molar-refractivity contribution >= 4 is 0 Å². The number of rotatable bonds is 3. The van der Waals surface area contributed by atoms with E-state index in [1.165, 1.54) is 44.9 Å². The molecule has 0 radical (unpaired) electrons. The molecule has 94 valence electrons. The van der Waals surface area contributed by atoms with Crippen LogP contribution in [0.4, 0.5) is 0 Å². The Morgan fingerprint density at radius 1 is 0.938 bits per heavy atom. The molecule has 2 saturated carbocycles. The van der Waals surface area contributed by atoms with Crippen LogP contribution in [0.5, 0.6) is 0 Å². The average Bonchev–Trinajstić information content (AvgIpc) is 2.66. The molecule has 0 aliphatic heterocycles. The molecule has 2 aliphatic carbocycles. The van der Waals surface area contributed by atoms with Gasteiger partial charge in [0.25, 0.3) is 0 Å². The lowest BCUT2D eigenvalue weighted by Crippen LogP contribution is -2.46. The van der Waals surface area contributed by atoms with E-state index in [4.69, 9.17) is 5.84 Å². The van der Waals surface area contributed by atoms with Crippen molar-refractivity contribution in [1.82, 2.24) is 5.43 Å². The van der Waals surface area contributed by atoms with Gasteiger partial charge in [-0.15, -0.1) is 0 Å². The van der Waals surface area contributed by atoms with Gasteiger partial charge in [-0.25, -0.2) is 0 Å². The Morgan fingerprint density at radius 3 is 2.12 bits per heavy atom. The van der Waals surface area contributed by atoms with E-state index < -0.39 is 0 Å². The summed E-state index contributed by atoms with van der Waals surface area (Å²) in [5.41, 5.74) is 3.15. The molecule has 0 spiro atoms. The zero-order valence-electron chi connectivity index (χ0n) is 10.9. The third-order valence-corrected chi connectivity index (χ3v) is 4.92. The third kappa shape index (κ3) is 2.78. The van der Waals surface area contributed by atoms with Crippen LogP contribution in [0.3, 0.4) is 0 Å². The van der Waals surface area contributed by atoms with Crippen molar-refractivity contribution in [3.63, 3.8) is 0 Å². The van der Waals surface area contributed by atoms with Crippen molar-refractivity contribution in [2.75, 3.05) is 0 Å². The molecule has 5 unspecified atom stereocenters. The summed E-state index contributed by atoms with van der Waals surface area (Å²) in [6.45, 7) is 4.79. The summed E-state index contributed by atoms with van der Waals surface area (Å²) in [4.78, 5) is 0. The summed E-state index contributed by atoms with van der Waals surface area (Å²) in [6, 6.07) is 0.590. The first-order chi connectivity index (χ1) is 7.70. The van der Waals surface area contributed by atoms with Gasteiger partial charge in [-0.05, 0) is 49.4 Å². The number of nitrogens with two attached hydrogens (primary N) is 1. The smallest absolute Gasteiger partial charge is 0.0267 e. The van der Waals surface area contributed by atoms with Crippen LogP contribution in [0.15, 0.2) is 0 Å². The molecule has 3 N–H and O–H groups in total. The second kappa shape index (κ2) is 5.50. The number of hydrazine groups is 1. The topological polar surface area (TPSA) is 38.0 Å². The SMILES string of the molecule is CC1CCCC(C(NN)C2CCC(C)C2)C1. The maximum atomic E-state index is 5.82.